The van der Waals surface area contributed by atoms with E-state index in [0.717, 1.165) is 12.8 Å². The van der Waals surface area contributed by atoms with Gasteiger partial charge in [-0.1, -0.05) is 25.0 Å². The van der Waals surface area contributed by atoms with Crippen LogP contribution in [-0.4, -0.2) is 16.7 Å². The molecule has 0 amide bonds. The van der Waals surface area contributed by atoms with Crippen LogP contribution in [0.5, 0.6) is 0 Å². The van der Waals surface area contributed by atoms with Gasteiger partial charge >= 0.3 is 0 Å². The Bertz CT molecular complexity index is 428. The monoisotopic (exact) mass is 249 g/mol. The summed E-state index contributed by atoms with van der Waals surface area (Å²) in [4.78, 5) is 0. The number of aliphatic hydroxyl groups excluding tert-OH is 1. The second-order valence-corrected chi connectivity index (χ2v) is 5.78. The van der Waals surface area contributed by atoms with Crippen molar-refractivity contribution in [3.63, 3.8) is 0 Å². The first-order valence-corrected chi connectivity index (χ1v) is 6.90. The summed E-state index contributed by atoms with van der Waals surface area (Å²) in [5, 5.41) is 14.0. The van der Waals surface area contributed by atoms with Gasteiger partial charge in [-0.05, 0) is 43.4 Å². The Hall–Kier alpha value is -0.930. The largest absolute Gasteiger partial charge is 0.387 e. The Morgan fingerprint density at radius 2 is 2.06 bits per heavy atom. The Morgan fingerprint density at radius 1 is 1.28 bits per heavy atom. The average molecular weight is 249 g/mol. The van der Waals surface area contributed by atoms with E-state index in [4.69, 9.17) is 0 Å². The Kier molecular flexibility index (Phi) is 3.12. The van der Waals surface area contributed by atoms with Gasteiger partial charge in [0.2, 0.25) is 0 Å². The summed E-state index contributed by atoms with van der Waals surface area (Å²) >= 11 is 0. The Morgan fingerprint density at radius 3 is 2.78 bits per heavy atom. The first-order valence-electron chi connectivity index (χ1n) is 6.90. The van der Waals surface area contributed by atoms with Crippen LogP contribution in [0.4, 0.5) is 4.39 Å². The zero-order valence-corrected chi connectivity index (χ0v) is 10.5. The van der Waals surface area contributed by atoms with E-state index >= 15 is 0 Å². The lowest BCUT2D eigenvalue weighted by atomic mass is 9.96. The average Bonchev–Trinajstić information content (AvgIpc) is 3.00. The number of benzene rings is 1. The number of halogens is 1. The van der Waals surface area contributed by atoms with Gasteiger partial charge in [-0.2, -0.15) is 0 Å². The van der Waals surface area contributed by atoms with Crippen LogP contribution in [0.25, 0.3) is 0 Å². The molecule has 1 aromatic rings. The summed E-state index contributed by atoms with van der Waals surface area (Å²) in [5.41, 5.74) is 0.946. The molecule has 0 aromatic heterocycles. The molecule has 0 unspecified atom stereocenters. The van der Waals surface area contributed by atoms with Crippen LogP contribution in [0.1, 0.15) is 50.2 Å². The standard InChI is InChI=1S/C15H20FNO/c16-12-5-3-4-11(10-12)14(18)13-6-9-15(17-13)7-1-2-8-15/h3-5,10,13-14,17-18H,1-2,6-9H2/t13-,14-/m1/s1. The highest BCUT2D eigenvalue weighted by Crippen LogP contribution is 2.41. The highest BCUT2D eigenvalue weighted by molar-refractivity contribution is 5.21. The smallest absolute Gasteiger partial charge is 0.123 e. The fourth-order valence-electron chi connectivity index (χ4n) is 3.58. The molecule has 2 aliphatic rings. The SMILES string of the molecule is O[C@H](c1cccc(F)c1)[C@H]1CCC2(CCCC2)N1. The van der Waals surface area contributed by atoms with Crippen LogP contribution >= 0.6 is 0 Å². The van der Waals surface area contributed by atoms with Gasteiger partial charge in [0.1, 0.15) is 5.82 Å². The third-order valence-electron chi connectivity index (χ3n) is 4.56. The van der Waals surface area contributed by atoms with Crippen molar-refractivity contribution in [3.05, 3.63) is 35.6 Å². The second kappa shape index (κ2) is 4.63. The number of aliphatic hydroxyl groups is 1. The van der Waals surface area contributed by atoms with Crippen LogP contribution in [0, 0.1) is 5.82 Å². The van der Waals surface area contributed by atoms with Crippen molar-refractivity contribution in [2.75, 3.05) is 0 Å². The lowest BCUT2D eigenvalue weighted by Crippen LogP contribution is -2.42. The zero-order valence-electron chi connectivity index (χ0n) is 10.5. The topological polar surface area (TPSA) is 32.3 Å². The molecule has 3 heteroatoms. The quantitative estimate of drug-likeness (QED) is 0.844. The normalized spacial score (nSPS) is 27.8. The first kappa shape index (κ1) is 12.1. The molecule has 1 aliphatic heterocycles. The van der Waals surface area contributed by atoms with E-state index in [9.17, 15) is 9.50 Å². The van der Waals surface area contributed by atoms with Crippen LogP contribution in [-0.2, 0) is 0 Å². The van der Waals surface area contributed by atoms with Gasteiger partial charge in [-0.15, -0.1) is 0 Å². The number of hydrogen-bond donors (Lipinski definition) is 2. The molecule has 1 heterocycles. The van der Waals surface area contributed by atoms with Crippen molar-refractivity contribution in [2.24, 2.45) is 0 Å². The minimum absolute atomic E-state index is 0.0740. The molecule has 18 heavy (non-hydrogen) atoms. The molecule has 3 rings (SSSR count). The van der Waals surface area contributed by atoms with E-state index in [0.29, 0.717) is 5.56 Å². The highest BCUT2D eigenvalue weighted by atomic mass is 19.1. The van der Waals surface area contributed by atoms with E-state index in [1.165, 1.54) is 37.8 Å². The summed E-state index contributed by atoms with van der Waals surface area (Å²) in [5.74, 6) is -0.278. The van der Waals surface area contributed by atoms with Gasteiger partial charge in [-0.25, -0.2) is 4.39 Å². The molecule has 2 atom stereocenters. The molecular weight excluding hydrogens is 229 g/mol. The summed E-state index contributed by atoms with van der Waals surface area (Å²) < 4.78 is 13.2. The van der Waals surface area contributed by atoms with Crippen LogP contribution < -0.4 is 5.32 Å². The molecule has 1 aliphatic carbocycles. The molecule has 1 spiro atoms. The molecule has 2 N–H and O–H groups in total. The van der Waals surface area contributed by atoms with E-state index in [1.54, 1.807) is 12.1 Å². The highest BCUT2D eigenvalue weighted by Gasteiger charge is 2.42. The lowest BCUT2D eigenvalue weighted by Gasteiger charge is -2.27. The maximum atomic E-state index is 13.2. The molecule has 1 saturated carbocycles. The van der Waals surface area contributed by atoms with E-state index in [1.807, 2.05) is 0 Å². The van der Waals surface area contributed by atoms with E-state index in [2.05, 4.69) is 5.32 Å². The molecule has 0 bridgehead atoms. The fraction of sp³-hybridized carbons (Fsp3) is 0.600. The molecule has 1 saturated heterocycles. The molecule has 0 radical (unpaired) electrons. The molecule has 2 nitrogen and oxygen atoms in total. The van der Waals surface area contributed by atoms with Gasteiger partial charge in [-0.3, -0.25) is 0 Å². The van der Waals surface area contributed by atoms with Crippen molar-refractivity contribution >= 4 is 0 Å². The Balaban J connectivity index is 1.72. The maximum absolute atomic E-state index is 13.2. The third kappa shape index (κ3) is 2.17. The summed E-state index contributed by atoms with van der Waals surface area (Å²) in [6.07, 6.45) is 6.55. The summed E-state index contributed by atoms with van der Waals surface area (Å²) in [7, 11) is 0. The van der Waals surface area contributed by atoms with Gasteiger partial charge in [0.05, 0.1) is 6.10 Å². The van der Waals surface area contributed by atoms with Crippen LogP contribution in [0.15, 0.2) is 24.3 Å². The van der Waals surface area contributed by atoms with Crippen molar-refractivity contribution in [2.45, 2.75) is 56.2 Å². The number of rotatable bonds is 2. The van der Waals surface area contributed by atoms with Gasteiger partial charge in [0, 0.05) is 11.6 Å². The van der Waals surface area contributed by atoms with E-state index < -0.39 is 6.10 Å². The van der Waals surface area contributed by atoms with Gasteiger partial charge < -0.3 is 10.4 Å². The van der Waals surface area contributed by atoms with Gasteiger partial charge in [0.25, 0.3) is 0 Å². The fourth-order valence-corrected chi connectivity index (χ4v) is 3.58. The van der Waals surface area contributed by atoms with Gasteiger partial charge in [0.15, 0.2) is 0 Å². The van der Waals surface area contributed by atoms with Crippen molar-refractivity contribution in [3.8, 4) is 0 Å². The first-order chi connectivity index (χ1) is 8.69. The maximum Gasteiger partial charge on any atom is 0.123 e. The Labute approximate surface area is 107 Å². The van der Waals surface area contributed by atoms with Crippen molar-refractivity contribution < 1.29 is 9.50 Å². The molecule has 1 aromatic carbocycles. The molecule has 2 fully saturated rings. The predicted molar refractivity (Wildman–Crippen MR) is 68.7 cm³/mol. The molecule has 98 valence electrons. The predicted octanol–water partition coefficient (Wildman–Crippen LogP) is 2.92. The van der Waals surface area contributed by atoms with E-state index in [-0.39, 0.29) is 17.4 Å². The minimum atomic E-state index is -0.597. The molecular formula is C15H20FNO. The minimum Gasteiger partial charge on any atom is -0.387 e. The lowest BCUT2D eigenvalue weighted by molar-refractivity contribution is 0.129. The number of nitrogens with one attached hydrogen (secondary N) is 1. The van der Waals surface area contributed by atoms with Crippen LogP contribution in [0.2, 0.25) is 0 Å². The number of hydrogen-bond acceptors (Lipinski definition) is 2. The van der Waals surface area contributed by atoms with Crippen molar-refractivity contribution in [1.82, 2.24) is 5.32 Å². The summed E-state index contributed by atoms with van der Waals surface area (Å²) in [6, 6.07) is 6.39. The third-order valence-corrected chi connectivity index (χ3v) is 4.56. The second-order valence-electron chi connectivity index (χ2n) is 5.78. The summed E-state index contributed by atoms with van der Waals surface area (Å²) in [6.45, 7) is 0. The van der Waals surface area contributed by atoms with Crippen molar-refractivity contribution in [1.29, 1.82) is 0 Å². The van der Waals surface area contributed by atoms with Crippen LogP contribution in [0.3, 0.4) is 0 Å². The zero-order chi connectivity index (χ0) is 12.6.